The highest BCUT2D eigenvalue weighted by Crippen LogP contribution is 2.28. The van der Waals surface area contributed by atoms with Gasteiger partial charge in [0.05, 0.1) is 5.69 Å². The van der Waals surface area contributed by atoms with Gasteiger partial charge in [0.1, 0.15) is 5.75 Å². The molecular weight excluding hydrogens is 182 g/mol. The predicted molar refractivity (Wildman–Crippen MR) is 52.7 cm³/mol. The van der Waals surface area contributed by atoms with Gasteiger partial charge in [0.2, 0.25) is 0 Å². The fourth-order valence-corrected chi connectivity index (χ4v) is 1.30. The van der Waals surface area contributed by atoms with Gasteiger partial charge in [-0.1, -0.05) is 0 Å². The quantitative estimate of drug-likeness (QED) is 0.687. The normalized spacial score (nSPS) is 13.9. The minimum Gasteiger partial charge on any atom is -0.482 e. The van der Waals surface area contributed by atoms with Crippen molar-refractivity contribution in [2.45, 2.75) is 6.92 Å². The molecule has 2 rings (SSSR count). The van der Waals surface area contributed by atoms with Crippen LogP contribution in [0.4, 0.5) is 5.69 Å². The van der Waals surface area contributed by atoms with Crippen molar-refractivity contribution in [3.8, 4) is 5.75 Å². The lowest BCUT2D eigenvalue weighted by Gasteiger charge is -2.17. The lowest BCUT2D eigenvalue weighted by Crippen LogP contribution is -2.25. The number of fused-ring (bicyclic) bond motifs is 1. The van der Waals surface area contributed by atoms with Crippen molar-refractivity contribution in [1.82, 2.24) is 0 Å². The maximum absolute atomic E-state index is 11.1. The van der Waals surface area contributed by atoms with Gasteiger partial charge in [-0.15, -0.1) is 0 Å². The number of carbonyl (C=O) groups excluding carboxylic acids is 2. The Kier molecular flexibility index (Phi) is 1.96. The molecule has 0 bridgehead atoms. The summed E-state index contributed by atoms with van der Waals surface area (Å²) in [6.07, 6.45) is 0. The van der Waals surface area contributed by atoms with Crippen LogP contribution in [0.25, 0.3) is 0 Å². The van der Waals surface area contributed by atoms with Gasteiger partial charge in [-0.2, -0.15) is 0 Å². The number of rotatable bonds is 1. The van der Waals surface area contributed by atoms with Crippen LogP contribution in [0.1, 0.15) is 18.7 Å². The van der Waals surface area contributed by atoms with Gasteiger partial charge < -0.3 is 10.1 Å². The Morgan fingerprint density at radius 3 is 3.07 bits per heavy atom. The van der Waals surface area contributed by atoms with E-state index in [0.29, 0.717) is 17.0 Å². The van der Waals surface area contributed by atoms with Gasteiger partial charge in [-0.25, -0.2) is 0 Å². The summed E-state index contributed by atoms with van der Waals surface area (Å²) in [5, 5.41) is 2.64. The first-order valence-electron chi connectivity index (χ1n) is 4.24. The zero-order valence-electron chi connectivity index (χ0n) is 7.66. The summed E-state index contributed by atoms with van der Waals surface area (Å²) >= 11 is 0. The van der Waals surface area contributed by atoms with Crippen molar-refractivity contribution in [1.29, 1.82) is 0 Å². The number of hydrogen-bond donors (Lipinski definition) is 1. The summed E-state index contributed by atoms with van der Waals surface area (Å²) in [7, 11) is 0. The van der Waals surface area contributed by atoms with Gasteiger partial charge in [0.25, 0.3) is 5.91 Å². The summed E-state index contributed by atoms with van der Waals surface area (Å²) in [6, 6.07) is 4.98. The lowest BCUT2D eigenvalue weighted by molar-refractivity contribution is -0.118. The molecule has 0 unspecified atom stereocenters. The van der Waals surface area contributed by atoms with Crippen LogP contribution >= 0.6 is 0 Å². The van der Waals surface area contributed by atoms with Crippen LogP contribution < -0.4 is 10.1 Å². The van der Waals surface area contributed by atoms with Crippen LogP contribution in [0.3, 0.4) is 0 Å². The zero-order valence-corrected chi connectivity index (χ0v) is 7.66. The smallest absolute Gasteiger partial charge is 0.262 e. The molecule has 1 aliphatic heterocycles. The second-order valence-corrected chi connectivity index (χ2v) is 3.10. The summed E-state index contributed by atoms with van der Waals surface area (Å²) in [4.78, 5) is 22.0. The van der Waals surface area contributed by atoms with E-state index in [1.54, 1.807) is 18.2 Å². The number of ether oxygens (including phenoxy) is 1. The fourth-order valence-electron chi connectivity index (χ4n) is 1.30. The number of benzene rings is 1. The van der Waals surface area contributed by atoms with E-state index in [4.69, 9.17) is 4.74 Å². The van der Waals surface area contributed by atoms with Crippen LogP contribution in [-0.4, -0.2) is 18.3 Å². The van der Waals surface area contributed by atoms with E-state index >= 15 is 0 Å². The molecule has 1 aromatic carbocycles. The molecule has 14 heavy (non-hydrogen) atoms. The van der Waals surface area contributed by atoms with Gasteiger partial charge in [0.15, 0.2) is 12.4 Å². The first-order chi connectivity index (χ1) is 6.66. The number of Topliss-reactive ketones (excluding diaryl/α,β-unsaturated/α-hetero) is 1. The molecule has 1 amide bonds. The highest BCUT2D eigenvalue weighted by atomic mass is 16.5. The van der Waals surface area contributed by atoms with E-state index in [1.165, 1.54) is 6.92 Å². The molecule has 0 spiro atoms. The topological polar surface area (TPSA) is 55.4 Å². The number of anilines is 1. The molecule has 4 nitrogen and oxygen atoms in total. The Bertz CT molecular complexity index is 417. The Hall–Kier alpha value is -1.84. The van der Waals surface area contributed by atoms with Crippen LogP contribution in [0, 0.1) is 0 Å². The molecule has 0 aromatic heterocycles. The molecule has 4 heteroatoms. The molecule has 0 saturated heterocycles. The summed E-state index contributed by atoms with van der Waals surface area (Å²) in [5.41, 5.74) is 1.13. The average molecular weight is 193 g/mol. The predicted octanol–water partition coefficient (Wildman–Crippen LogP) is 1.47. The summed E-state index contributed by atoms with van der Waals surface area (Å²) in [6.45, 7) is 1.51. The van der Waals surface area contributed by atoms with Gasteiger partial charge in [-0.05, 0) is 25.1 Å². The monoisotopic (exact) mass is 193 g/mol. The first kappa shape index (κ1) is 8.74. The van der Waals surface area contributed by atoms with E-state index in [1.807, 2.05) is 0 Å². The van der Waals surface area contributed by atoms with Crippen LogP contribution in [0.15, 0.2) is 18.2 Å². The third kappa shape index (κ3) is 1.46. The number of amides is 1. The van der Waals surface area contributed by atoms with E-state index in [0.717, 1.165) is 0 Å². The Morgan fingerprint density at radius 2 is 2.36 bits per heavy atom. The van der Waals surface area contributed by atoms with E-state index < -0.39 is 0 Å². The summed E-state index contributed by atoms with van der Waals surface area (Å²) < 4.78 is 5.15. The third-order valence-corrected chi connectivity index (χ3v) is 2.02. The highest BCUT2D eigenvalue weighted by Gasteiger charge is 2.16. The van der Waals surface area contributed by atoms with Crippen molar-refractivity contribution in [3.05, 3.63) is 23.8 Å². The maximum atomic E-state index is 11.1. The Morgan fingerprint density at radius 1 is 1.57 bits per heavy atom. The minimum atomic E-state index is -0.196. The van der Waals surface area contributed by atoms with Gasteiger partial charge in [-0.3, -0.25) is 9.59 Å². The Labute approximate surface area is 82.4 Å². The second kappa shape index (κ2) is 3.14. The van der Waals surface area contributed by atoms with E-state index in [2.05, 4.69) is 5.32 Å². The molecule has 0 radical (unpaired) electrons. The summed E-state index contributed by atoms with van der Waals surface area (Å²) in [5.74, 6) is 0.375. The number of carbonyl (C=O) groups is 2. The van der Waals surface area contributed by atoms with Crippen molar-refractivity contribution >= 4 is 17.4 Å². The minimum absolute atomic E-state index is 0. The number of nitrogens with one attached hydrogen (secondary N) is 1. The fraction of sp³-hybridized carbons (Fsp3) is 0.200. The van der Waals surface area contributed by atoms with Crippen molar-refractivity contribution in [2.75, 3.05) is 11.9 Å². The standard InChI is InChI=1S/C10H9NO3.H2/c1-6(12)7-2-3-9-8(4-7)11-10(13)5-14-9;/h2-4H,5H2,1H3,(H,11,13);1H. The van der Waals surface area contributed by atoms with Crippen molar-refractivity contribution in [2.24, 2.45) is 0 Å². The molecule has 0 fully saturated rings. The van der Waals surface area contributed by atoms with Gasteiger partial charge in [0, 0.05) is 6.99 Å². The molecule has 1 heterocycles. The van der Waals surface area contributed by atoms with Crippen molar-refractivity contribution in [3.63, 3.8) is 0 Å². The molecule has 0 saturated carbocycles. The molecule has 74 valence electrons. The average Bonchev–Trinajstić information content (AvgIpc) is 2.16. The van der Waals surface area contributed by atoms with Crippen molar-refractivity contribution < 1.29 is 15.8 Å². The third-order valence-electron chi connectivity index (χ3n) is 2.02. The van der Waals surface area contributed by atoms with Crippen LogP contribution in [0.5, 0.6) is 5.75 Å². The van der Waals surface area contributed by atoms with Crippen LogP contribution in [-0.2, 0) is 4.79 Å². The number of hydrogen-bond acceptors (Lipinski definition) is 3. The highest BCUT2D eigenvalue weighted by molar-refractivity contribution is 5.99. The molecule has 1 aromatic rings. The molecule has 0 aliphatic carbocycles. The number of ketones is 1. The largest absolute Gasteiger partial charge is 0.482 e. The van der Waals surface area contributed by atoms with Gasteiger partial charge >= 0.3 is 0 Å². The molecular formula is C10H11NO3. The molecule has 1 aliphatic rings. The Balaban J connectivity index is 0.00000112. The maximum Gasteiger partial charge on any atom is 0.262 e. The SMILES string of the molecule is CC(=O)c1ccc2c(c1)NC(=O)CO2.[HH]. The molecule has 1 N–H and O–H groups in total. The second-order valence-electron chi connectivity index (χ2n) is 3.10. The first-order valence-corrected chi connectivity index (χ1v) is 4.24. The molecule has 0 atom stereocenters. The zero-order chi connectivity index (χ0) is 10.1. The van der Waals surface area contributed by atoms with E-state index in [9.17, 15) is 9.59 Å². The lowest BCUT2D eigenvalue weighted by atomic mass is 10.1. The van der Waals surface area contributed by atoms with Crippen LogP contribution in [0.2, 0.25) is 0 Å². The van der Waals surface area contributed by atoms with E-state index in [-0.39, 0.29) is 19.7 Å².